The lowest BCUT2D eigenvalue weighted by molar-refractivity contribution is 0.214. The van der Waals surface area contributed by atoms with Crippen molar-refractivity contribution in [2.75, 3.05) is 12.4 Å². The highest BCUT2D eigenvalue weighted by Crippen LogP contribution is 2.22. The zero-order valence-electron chi connectivity index (χ0n) is 11.3. The third kappa shape index (κ3) is 4.09. The summed E-state index contributed by atoms with van der Waals surface area (Å²) in [4.78, 5) is 2.41. The fourth-order valence-corrected chi connectivity index (χ4v) is 2.50. The largest absolute Gasteiger partial charge is 0.291 e. The summed E-state index contributed by atoms with van der Waals surface area (Å²) in [5.41, 5.74) is 2.67. The smallest absolute Gasteiger partial charge is 0.0351 e. The molecule has 0 fully saturated rings. The molecule has 1 atom stereocenters. The third-order valence-corrected chi connectivity index (χ3v) is 3.60. The SMILES string of the molecule is CC(c1ccccc1)N(CCCl)Cc1ccccc1. The number of nitrogens with zero attached hydrogens (tertiary/aromatic N) is 1. The van der Waals surface area contributed by atoms with Gasteiger partial charge in [0.2, 0.25) is 0 Å². The van der Waals surface area contributed by atoms with Gasteiger partial charge in [-0.2, -0.15) is 0 Å². The summed E-state index contributed by atoms with van der Waals surface area (Å²) >= 11 is 5.95. The molecular formula is C17H20ClN. The first kappa shape index (κ1) is 14.1. The number of hydrogen-bond acceptors (Lipinski definition) is 1. The maximum atomic E-state index is 5.95. The lowest BCUT2D eigenvalue weighted by Crippen LogP contribution is -2.28. The summed E-state index contributed by atoms with van der Waals surface area (Å²) in [6.07, 6.45) is 0. The minimum atomic E-state index is 0.375. The number of alkyl halides is 1. The predicted octanol–water partition coefficient (Wildman–Crippen LogP) is 4.49. The molecule has 1 unspecified atom stereocenters. The minimum absolute atomic E-state index is 0.375. The summed E-state index contributed by atoms with van der Waals surface area (Å²) in [5, 5.41) is 0. The van der Waals surface area contributed by atoms with Gasteiger partial charge < -0.3 is 0 Å². The maximum absolute atomic E-state index is 5.95. The van der Waals surface area contributed by atoms with E-state index < -0.39 is 0 Å². The van der Waals surface area contributed by atoms with Gasteiger partial charge >= 0.3 is 0 Å². The highest BCUT2D eigenvalue weighted by atomic mass is 35.5. The van der Waals surface area contributed by atoms with Crippen LogP contribution in [0.4, 0.5) is 0 Å². The lowest BCUT2D eigenvalue weighted by atomic mass is 10.1. The molecule has 0 bridgehead atoms. The van der Waals surface area contributed by atoms with Gasteiger partial charge in [0.1, 0.15) is 0 Å². The van der Waals surface area contributed by atoms with Crippen molar-refractivity contribution >= 4 is 11.6 Å². The van der Waals surface area contributed by atoms with Gasteiger partial charge in [0.25, 0.3) is 0 Å². The van der Waals surface area contributed by atoms with E-state index in [2.05, 4.69) is 72.5 Å². The van der Waals surface area contributed by atoms with Crippen molar-refractivity contribution in [3.05, 3.63) is 71.8 Å². The summed E-state index contributed by atoms with van der Waals surface area (Å²) in [5.74, 6) is 0.657. The molecule has 19 heavy (non-hydrogen) atoms. The fraction of sp³-hybridized carbons (Fsp3) is 0.294. The predicted molar refractivity (Wildman–Crippen MR) is 82.4 cm³/mol. The molecule has 0 spiro atoms. The van der Waals surface area contributed by atoms with E-state index in [0.29, 0.717) is 11.9 Å². The molecule has 0 aliphatic rings. The summed E-state index contributed by atoms with van der Waals surface area (Å²) in [6, 6.07) is 21.5. The Morgan fingerprint density at radius 1 is 0.947 bits per heavy atom. The van der Waals surface area contributed by atoms with Crippen LogP contribution in [-0.2, 0) is 6.54 Å². The second-order valence-electron chi connectivity index (χ2n) is 4.73. The van der Waals surface area contributed by atoms with Gasteiger partial charge in [-0.3, -0.25) is 4.90 Å². The molecule has 1 nitrogen and oxygen atoms in total. The van der Waals surface area contributed by atoms with Gasteiger partial charge in [-0.25, -0.2) is 0 Å². The van der Waals surface area contributed by atoms with Crippen molar-refractivity contribution in [3.8, 4) is 0 Å². The Balaban J connectivity index is 2.11. The van der Waals surface area contributed by atoms with Gasteiger partial charge in [-0.05, 0) is 18.1 Å². The Hall–Kier alpha value is -1.31. The first-order valence-electron chi connectivity index (χ1n) is 6.70. The van der Waals surface area contributed by atoms with E-state index in [9.17, 15) is 0 Å². The zero-order chi connectivity index (χ0) is 13.5. The van der Waals surface area contributed by atoms with E-state index in [1.54, 1.807) is 0 Å². The number of rotatable bonds is 6. The average Bonchev–Trinajstić information content (AvgIpc) is 2.48. The van der Waals surface area contributed by atoms with Crippen LogP contribution in [0.25, 0.3) is 0 Å². The minimum Gasteiger partial charge on any atom is -0.291 e. The summed E-state index contributed by atoms with van der Waals surface area (Å²) < 4.78 is 0. The maximum Gasteiger partial charge on any atom is 0.0351 e. The second kappa shape index (κ2) is 7.32. The average molecular weight is 274 g/mol. The first-order valence-corrected chi connectivity index (χ1v) is 7.23. The van der Waals surface area contributed by atoms with Gasteiger partial charge in [0.05, 0.1) is 0 Å². The molecule has 0 aliphatic carbocycles. The second-order valence-corrected chi connectivity index (χ2v) is 5.11. The number of halogens is 1. The van der Waals surface area contributed by atoms with Crippen LogP contribution in [0.2, 0.25) is 0 Å². The van der Waals surface area contributed by atoms with Crippen molar-refractivity contribution in [2.24, 2.45) is 0 Å². The molecule has 0 saturated carbocycles. The van der Waals surface area contributed by atoms with Crippen molar-refractivity contribution in [2.45, 2.75) is 19.5 Å². The molecule has 0 aromatic heterocycles. The molecule has 2 aromatic rings. The Bertz CT molecular complexity index is 469. The van der Waals surface area contributed by atoms with E-state index in [4.69, 9.17) is 11.6 Å². The van der Waals surface area contributed by atoms with Crippen molar-refractivity contribution < 1.29 is 0 Å². The standard InChI is InChI=1S/C17H20ClN/c1-15(17-10-6-3-7-11-17)19(13-12-18)14-16-8-4-2-5-9-16/h2-11,15H,12-14H2,1H3. The van der Waals surface area contributed by atoms with Gasteiger partial charge in [-0.1, -0.05) is 60.7 Å². The van der Waals surface area contributed by atoms with E-state index in [1.165, 1.54) is 11.1 Å². The van der Waals surface area contributed by atoms with Gasteiger partial charge in [0, 0.05) is 25.0 Å². The molecule has 2 heteroatoms. The Kier molecular flexibility index (Phi) is 5.44. The topological polar surface area (TPSA) is 3.24 Å². The molecule has 2 aromatic carbocycles. The van der Waals surface area contributed by atoms with Crippen LogP contribution in [-0.4, -0.2) is 17.3 Å². The van der Waals surface area contributed by atoms with Gasteiger partial charge in [-0.15, -0.1) is 11.6 Å². The van der Waals surface area contributed by atoms with Crippen molar-refractivity contribution in [3.63, 3.8) is 0 Å². The quantitative estimate of drug-likeness (QED) is 0.701. The molecule has 2 rings (SSSR count). The van der Waals surface area contributed by atoms with Crippen LogP contribution in [0, 0.1) is 0 Å². The van der Waals surface area contributed by atoms with Gasteiger partial charge in [0.15, 0.2) is 0 Å². The first-order chi connectivity index (χ1) is 9.31. The third-order valence-electron chi connectivity index (χ3n) is 3.43. The Morgan fingerprint density at radius 3 is 2.11 bits per heavy atom. The Morgan fingerprint density at radius 2 is 1.53 bits per heavy atom. The molecule has 0 N–H and O–H groups in total. The van der Waals surface area contributed by atoms with Crippen LogP contribution < -0.4 is 0 Å². The monoisotopic (exact) mass is 273 g/mol. The van der Waals surface area contributed by atoms with E-state index in [-0.39, 0.29) is 0 Å². The van der Waals surface area contributed by atoms with E-state index in [0.717, 1.165) is 13.1 Å². The molecular weight excluding hydrogens is 254 g/mol. The lowest BCUT2D eigenvalue weighted by Gasteiger charge is -2.29. The van der Waals surface area contributed by atoms with Crippen LogP contribution in [0.3, 0.4) is 0 Å². The summed E-state index contributed by atoms with van der Waals surface area (Å²) in [6.45, 7) is 4.07. The highest BCUT2D eigenvalue weighted by molar-refractivity contribution is 6.18. The molecule has 0 aliphatic heterocycles. The zero-order valence-corrected chi connectivity index (χ0v) is 12.1. The molecule has 0 saturated heterocycles. The highest BCUT2D eigenvalue weighted by Gasteiger charge is 2.15. The van der Waals surface area contributed by atoms with Crippen LogP contribution >= 0.6 is 11.6 Å². The summed E-state index contributed by atoms with van der Waals surface area (Å²) in [7, 11) is 0. The number of hydrogen-bond donors (Lipinski definition) is 0. The molecule has 0 radical (unpaired) electrons. The van der Waals surface area contributed by atoms with E-state index in [1.807, 2.05) is 0 Å². The van der Waals surface area contributed by atoms with Crippen LogP contribution in [0.1, 0.15) is 24.1 Å². The fourth-order valence-electron chi connectivity index (χ4n) is 2.28. The number of benzene rings is 2. The molecule has 0 amide bonds. The van der Waals surface area contributed by atoms with E-state index >= 15 is 0 Å². The van der Waals surface area contributed by atoms with Crippen molar-refractivity contribution in [1.82, 2.24) is 4.90 Å². The van der Waals surface area contributed by atoms with Crippen molar-refractivity contribution in [1.29, 1.82) is 0 Å². The normalized spacial score (nSPS) is 12.6. The van der Waals surface area contributed by atoms with Crippen LogP contribution in [0.15, 0.2) is 60.7 Å². The molecule has 0 heterocycles. The molecule has 100 valence electrons. The Labute approximate surface area is 120 Å². The van der Waals surface area contributed by atoms with Crippen LogP contribution in [0.5, 0.6) is 0 Å².